The number of hydrogen-bond acceptors (Lipinski definition) is 7. The first-order chi connectivity index (χ1) is 10.4. The molecule has 1 aliphatic heterocycles. The molecule has 1 aliphatic rings. The molecule has 0 amide bonds. The number of nitrogens with two attached hydrogens (primary N) is 1. The van der Waals surface area contributed by atoms with Crippen molar-refractivity contribution in [2.24, 2.45) is 18.1 Å². The number of nitrogens with one attached hydrogen (secondary N) is 1. The number of nitrogens with zero attached hydrogens (tertiary/aromatic N) is 3. The summed E-state index contributed by atoms with van der Waals surface area (Å²) in [6, 6.07) is 1.95. The Balaban J connectivity index is 1.66. The van der Waals surface area contributed by atoms with Crippen molar-refractivity contribution in [2.75, 3.05) is 18.5 Å². The summed E-state index contributed by atoms with van der Waals surface area (Å²) in [5, 5.41) is 13.0. The van der Waals surface area contributed by atoms with E-state index in [1.54, 1.807) is 6.20 Å². The predicted octanol–water partition coefficient (Wildman–Crippen LogP) is 0.714. The highest BCUT2D eigenvalue weighted by Gasteiger charge is 2.31. The highest BCUT2D eigenvalue weighted by atomic mass is 32.2. The van der Waals surface area contributed by atoms with Gasteiger partial charge in [0.05, 0.1) is 11.9 Å². The number of rotatable bonds is 5. The Bertz CT molecular complexity index is 754. The third-order valence-corrected chi connectivity index (χ3v) is 6.01. The fraction of sp³-hybridized carbons (Fsp3) is 0.500. The predicted molar refractivity (Wildman–Crippen MR) is 82.0 cm³/mol. The lowest BCUT2D eigenvalue weighted by Gasteiger charge is -2.18. The quantitative estimate of drug-likeness (QED) is 0.827. The van der Waals surface area contributed by atoms with Gasteiger partial charge in [-0.1, -0.05) is 11.3 Å². The summed E-state index contributed by atoms with van der Waals surface area (Å²) in [5.74, 6) is 0.275. The first kappa shape index (κ1) is 15.4. The van der Waals surface area contributed by atoms with E-state index in [4.69, 9.17) is 9.88 Å². The maximum absolute atomic E-state index is 11.2. The molecule has 2 aromatic rings. The number of sulfonamides is 1. The second-order valence-electron chi connectivity index (χ2n) is 5.13. The van der Waals surface area contributed by atoms with Crippen molar-refractivity contribution >= 4 is 26.5 Å². The molecule has 3 heterocycles. The zero-order valence-electron chi connectivity index (χ0n) is 12.0. The standard InChI is InChI=1S/C12H17N5O3S2/c1-17-9(2-4-16-17)11-8(3-5-20-11)6-14-12-15-7-10(21-12)22(13,18)19/h2,4,7-8,11H,3,5-6H2,1H3,(H,14,15)(H2,13,18,19)/t8-,11+/m0/s1. The van der Waals surface area contributed by atoms with Gasteiger partial charge >= 0.3 is 0 Å². The van der Waals surface area contributed by atoms with Crippen molar-refractivity contribution in [2.45, 2.75) is 16.7 Å². The summed E-state index contributed by atoms with van der Waals surface area (Å²) < 4.78 is 30.2. The summed E-state index contributed by atoms with van der Waals surface area (Å²) in [7, 11) is -1.80. The van der Waals surface area contributed by atoms with Gasteiger partial charge in [0.1, 0.15) is 6.10 Å². The lowest BCUT2D eigenvalue weighted by atomic mass is 9.99. The maximum atomic E-state index is 11.2. The van der Waals surface area contributed by atoms with Gasteiger partial charge in [-0.3, -0.25) is 4.68 Å². The second kappa shape index (κ2) is 5.95. The van der Waals surface area contributed by atoms with Gasteiger partial charge in [-0.2, -0.15) is 5.10 Å². The van der Waals surface area contributed by atoms with Crippen LogP contribution in [0.25, 0.3) is 0 Å². The van der Waals surface area contributed by atoms with Crippen LogP contribution in [-0.2, 0) is 21.8 Å². The Labute approximate surface area is 132 Å². The monoisotopic (exact) mass is 343 g/mol. The van der Waals surface area contributed by atoms with E-state index in [9.17, 15) is 8.42 Å². The Morgan fingerprint density at radius 1 is 1.59 bits per heavy atom. The van der Waals surface area contributed by atoms with Crippen LogP contribution in [-0.4, -0.2) is 36.3 Å². The molecule has 8 nitrogen and oxygen atoms in total. The van der Waals surface area contributed by atoms with Gasteiger partial charge in [0, 0.05) is 32.3 Å². The average molecular weight is 343 g/mol. The fourth-order valence-corrected chi connectivity index (χ4v) is 3.98. The number of primary sulfonamides is 1. The van der Waals surface area contributed by atoms with Gasteiger partial charge in [-0.25, -0.2) is 18.5 Å². The molecule has 0 aromatic carbocycles. The number of aryl methyl sites for hydroxylation is 1. The normalized spacial score (nSPS) is 22.1. The van der Waals surface area contributed by atoms with Crippen molar-refractivity contribution in [1.82, 2.24) is 14.8 Å². The van der Waals surface area contributed by atoms with Crippen LogP contribution in [0.5, 0.6) is 0 Å². The molecule has 120 valence electrons. The van der Waals surface area contributed by atoms with E-state index in [1.807, 2.05) is 17.8 Å². The van der Waals surface area contributed by atoms with Crippen LogP contribution in [0.2, 0.25) is 0 Å². The molecule has 22 heavy (non-hydrogen) atoms. The van der Waals surface area contributed by atoms with Crippen molar-refractivity contribution in [3.63, 3.8) is 0 Å². The molecule has 0 spiro atoms. The van der Waals surface area contributed by atoms with E-state index in [2.05, 4.69) is 15.4 Å². The largest absolute Gasteiger partial charge is 0.372 e. The summed E-state index contributed by atoms with van der Waals surface area (Å²) in [6.07, 6.45) is 3.93. The van der Waals surface area contributed by atoms with E-state index in [0.29, 0.717) is 18.3 Å². The van der Waals surface area contributed by atoms with E-state index < -0.39 is 10.0 Å². The van der Waals surface area contributed by atoms with Gasteiger partial charge in [0.25, 0.3) is 0 Å². The third kappa shape index (κ3) is 3.14. The van der Waals surface area contributed by atoms with Crippen molar-refractivity contribution < 1.29 is 13.2 Å². The van der Waals surface area contributed by atoms with E-state index in [-0.39, 0.29) is 16.2 Å². The molecule has 0 unspecified atom stereocenters. The molecule has 10 heteroatoms. The molecule has 0 radical (unpaired) electrons. The van der Waals surface area contributed by atoms with Crippen LogP contribution in [0.4, 0.5) is 5.13 Å². The number of ether oxygens (including phenoxy) is 1. The van der Waals surface area contributed by atoms with Crippen LogP contribution < -0.4 is 10.5 Å². The van der Waals surface area contributed by atoms with E-state index in [1.165, 1.54) is 6.20 Å². The van der Waals surface area contributed by atoms with Gasteiger partial charge < -0.3 is 10.1 Å². The number of anilines is 1. The fourth-order valence-electron chi connectivity index (χ4n) is 2.52. The van der Waals surface area contributed by atoms with E-state index in [0.717, 1.165) is 23.5 Å². The Morgan fingerprint density at radius 2 is 2.41 bits per heavy atom. The number of hydrogen-bond donors (Lipinski definition) is 2. The van der Waals surface area contributed by atoms with Crippen LogP contribution in [0.1, 0.15) is 18.2 Å². The van der Waals surface area contributed by atoms with Crippen molar-refractivity contribution in [3.8, 4) is 0 Å². The molecule has 0 aliphatic carbocycles. The minimum Gasteiger partial charge on any atom is -0.372 e. The zero-order chi connectivity index (χ0) is 15.7. The minimum absolute atomic E-state index is 0.0160. The second-order valence-corrected chi connectivity index (χ2v) is 7.95. The average Bonchev–Trinajstić information content (AvgIpc) is 3.14. The van der Waals surface area contributed by atoms with E-state index >= 15 is 0 Å². The SMILES string of the molecule is Cn1nccc1[C@@H]1OCC[C@H]1CNc1ncc(S(N)(=O)=O)s1. The van der Waals surface area contributed by atoms with Gasteiger partial charge in [0.15, 0.2) is 9.34 Å². The first-order valence-electron chi connectivity index (χ1n) is 6.77. The molecule has 0 saturated carbocycles. The smallest absolute Gasteiger partial charge is 0.249 e. The molecule has 1 saturated heterocycles. The van der Waals surface area contributed by atoms with Crippen LogP contribution in [0.15, 0.2) is 22.7 Å². The van der Waals surface area contributed by atoms with Crippen LogP contribution >= 0.6 is 11.3 Å². The molecule has 2 atom stereocenters. The summed E-state index contributed by atoms with van der Waals surface area (Å²) in [4.78, 5) is 4.04. The summed E-state index contributed by atoms with van der Waals surface area (Å²) in [5.41, 5.74) is 1.04. The lowest BCUT2D eigenvalue weighted by molar-refractivity contribution is 0.0866. The van der Waals surface area contributed by atoms with Crippen LogP contribution in [0.3, 0.4) is 0 Å². The van der Waals surface area contributed by atoms with Gasteiger partial charge in [-0.15, -0.1) is 0 Å². The minimum atomic E-state index is -3.69. The Hall–Kier alpha value is -1.49. The summed E-state index contributed by atoms with van der Waals surface area (Å²) in [6.45, 7) is 1.34. The van der Waals surface area contributed by atoms with Crippen LogP contribution in [0, 0.1) is 5.92 Å². The van der Waals surface area contributed by atoms with Crippen molar-refractivity contribution in [3.05, 3.63) is 24.2 Å². The zero-order valence-corrected chi connectivity index (χ0v) is 13.6. The van der Waals surface area contributed by atoms with Crippen molar-refractivity contribution in [1.29, 1.82) is 0 Å². The highest BCUT2D eigenvalue weighted by molar-refractivity contribution is 7.91. The maximum Gasteiger partial charge on any atom is 0.249 e. The first-order valence-corrected chi connectivity index (χ1v) is 9.13. The molecule has 3 N–H and O–H groups in total. The van der Waals surface area contributed by atoms with Gasteiger partial charge in [-0.05, 0) is 12.5 Å². The summed E-state index contributed by atoms with van der Waals surface area (Å²) >= 11 is 1.03. The lowest BCUT2D eigenvalue weighted by Crippen LogP contribution is -2.19. The number of aromatic nitrogens is 3. The molecule has 1 fully saturated rings. The topological polar surface area (TPSA) is 112 Å². The Morgan fingerprint density at radius 3 is 3.05 bits per heavy atom. The molecular weight excluding hydrogens is 326 g/mol. The molecule has 0 bridgehead atoms. The highest BCUT2D eigenvalue weighted by Crippen LogP contribution is 2.34. The molecular formula is C12H17N5O3S2. The molecule has 2 aromatic heterocycles. The van der Waals surface area contributed by atoms with Gasteiger partial charge in [0.2, 0.25) is 10.0 Å². The third-order valence-electron chi connectivity index (χ3n) is 3.64. The Kier molecular flexibility index (Phi) is 4.17. The molecule has 3 rings (SSSR count). The number of thiazole rings is 1.